The molecule has 2 aliphatic rings. The molecule has 4 heterocycles. The van der Waals surface area contributed by atoms with Gasteiger partial charge >= 0.3 is 6.03 Å². The van der Waals surface area contributed by atoms with E-state index in [1.54, 1.807) is 15.6 Å². The number of anilines is 1. The summed E-state index contributed by atoms with van der Waals surface area (Å²) in [5, 5.41) is 4.22. The summed E-state index contributed by atoms with van der Waals surface area (Å²) in [6, 6.07) is 1.83. The summed E-state index contributed by atoms with van der Waals surface area (Å²) >= 11 is 3.46. The molecule has 0 spiro atoms. The van der Waals surface area contributed by atoms with Gasteiger partial charge in [0.1, 0.15) is 11.9 Å². The first-order valence-corrected chi connectivity index (χ1v) is 9.94. The lowest BCUT2D eigenvalue weighted by Crippen LogP contribution is -2.39. The summed E-state index contributed by atoms with van der Waals surface area (Å²) in [5.74, 6) is 0.340. The first-order valence-electron chi connectivity index (χ1n) is 9.15. The van der Waals surface area contributed by atoms with Crippen LogP contribution < -0.4 is 4.90 Å². The number of hydrogen-bond donors (Lipinski definition) is 0. The molecule has 2 amide bonds. The number of nitrogens with zero attached hydrogens (tertiary/aromatic N) is 5. The van der Waals surface area contributed by atoms with Crippen LogP contribution in [0.4, 0.5) is 10.6 Å². The highest BCUT2D eigenvalue weighted by Gasteiger charge is 2.43. The van der Waals surface area contributed by atoms with E-state index < -0.39 is 5.79 Å². The van der Waals surface area contributed by atoms with Gasteiger partial charge in [0.15, 0.2) is 11.4 Å². The molecule has 2 fully saturated rings. The van der Waals surface area contributed by atoms with Gasteiger partial charge in [-0.2, -0.15) is 5.10 Å². The zero-order chi connectivity index (χ0) is 19.3. The molecule has 2 aromatic heterocycles. The number of carbonyl (C=O) groups is 1. The minimum absolute atomic E-state index is 0.0458. The Hall–Kier alpha value is -1.71. The van der Waals surface area contributed by atoms with Crippen molar-refractivity contribution in [2.24, 2.45) is 5.92 Å². The Morgan fingerprint density at radius 2 is 2.19 bits per heavy atom. The standard InChI is InChI=1S/C18H24BrN5O3/c1-11(2)14-9-22(8-12-10-26-18(3,4)27-12)17(25)24(14)15-5-6-23-16(21-15)13(19)7-20-23/h5-7,11-12,14H,8-10H2,1-4H3/t12-,14-/m1/s1. The van der Waals surface area contributed by atoms with E-state index in [9.17, 15) is 4.79 Å². The number of hydrogen-bond acceptors (Lipinski definition) is 5. The smallest absolute Gasteiger partial charge is 0.326 e. The molecule has 27 heavy (non-hydrogen) atoms. The van der Waals surface area contributed by atoms with E-state index >= 15 is 0 Å². The van der Waals surface area contributed by atoms with Gasteiger partial charge in [-0.05, 0) is 41.8 Å². The molecular formula is C18H24BrN5O3. The maximum absolute atomic E-state index is 13.2. The van der Waals surface area contributed by atoms with Crippen LogP contribution in [0.1, 0.15) is 27.7 Å². The lowest BCUT2D eigenvalue weighted by Gasteiger charge is -2.25. The summed E-state index contributed by atoms with van der Waals surface area (Å²) in [7, 11) is 0. The first-order chi connectivity index (χ1) is 12.7. The predicted octanol–water partition coefficient (Wildman–Crippen LogP) is 2.91. The quantitative estimate of drug-likeness (QED) is 0.734. The van der Waals surface area contributed by atoms with Crippen LogP contribution in [0.2, 0.25) is 0 Å². The lowest BCUT2D eigenvalue weighted by atomic mass is 10.0. The number of urea groups is 1. The Balaban J connectivity index is 1.60. The van der Waals surface area contributed by atoms with E-state index in [1.165, 1.54) is 0 Å². The Labute approximate surface area is 166 Å². The highest BCUT2D eigenvalue weighted by atomic mass is 79.9. The van der Waals surface area contributed by atoms with Crippen molar-refractivity contribution >= 4 is 33.4 Å². The van der Waals surface area contributed by atoms with E-state index in [2.05, 4.69) is 39.9 Å². The Kier molecular flexibility index (Phi) is 4.64. The van der Waals surface area contributed by atoms with E-state index in [0.717, 1.165) is 4.47 Å². The Bertz CT molecular complexity index is 868. The molecular weight excluding hydrogens is 414 g/mol. The third kappa shape index (κ3) is 3.43. The van der Waals surface area contributed by atoms with Gasteiger partial charge in [0.05, 0.1) is 29.9 Å². The van der Waals surface area contributed by atoms with Gasteiger partial charge in [0, 0.05) is 12.7 Å². The van der Waals surface area contributed by atoms with Gasteiger partial charge in [-0.25, -0.2) is 14.3 Å². The molecule has 0 saturated carbocycles. The molecule has 8 nitrogen and oxygen atoms in total. The third-order valence-corrected chi connectivity index (χ3v) is 5.59. The highest BCUT2D eigenvalue weighted by Crippen LogP contribution is 2.30. The van der Waals surface area contributed by atoms with Crippen molar-refractivity contribution in [3.63, 3.8) is 0 Å². The van der Waals surface area contributed by atoms with Crippen molar-refractivity contribution in [3.8, 4) is 0 Å². The summed E-state index contributed by atoms with van der Waals surface area (Å²) in [4.78, 5) is 21.5. The van der Waals surface area contributed by atoms with E-state index in [-0.39, 0.29) is 18.2 Å². The van der Waals surface area contributed by atoms with Gasteiger partial charge in [-0.3, -0.25) is 4.90 Å². The molecule has 0 unspecified atom stereocenters. The molecule has 2 atom stereocenters. The minimum atomic E-state index is -0.592. The monoisotopic (exact) mass is 437 g/mol. The average molecular weight is 438 g/mol. The second-order valence-electron chi connectivity index (χ2n) is 7.87. The molecule has 0 N–H and O–H groups in total. The fourth-order valence-electron chi connectivity index (χ4n) is 3.67. The van der Waals surface area contributed by atoms with Crippen molar-refractivity contribution in [1.29, 1.82) is 0 Å². The molecule has 0 radical (unpaired) electrons. The van der Waals surface area contributed by atoms with Crippen LogP contribution >= 0.6 is 15.9 Å². The summed E-state index contributed by atoms with van der Waals surface area (Å²) < 4.78 is 14.0. The van der Waals surface area contributed by atoms with Crippen LogP contribution in [0, 0.1) is 5.92 Å². The second kappa shape index (κ2) is 6.72. The number of fused-ring (bicyclic) bond motifs is 1. The van der Waals surface area contributed by atoms with Gasteiger partial charge in [-0.1, -0.05) is 13.8 Å². The minimum Gasteiger partial charge on any atom is -0.348 e. The molecule has 0 bridgehead atoms. The fourth-order valence-corrected chi connectivity index (χ4v) is 4.04. The topological polar surface area (TPSA) is 72.2 Å². The maximum Gasteiger partial charge on any atom is 0.326 e. The van der Waals surface area contributed by atoms with E-state index in [1.807, 2.05) is 31.0 Å². The van der Waals surface area contributed by atoms with Crippen LogP contribution in [0.3, 0.4) is 0 Å². The van der Waals surface area contributed by atoms with E-state index in [0.29, 0.717) is 37.1 Å². The van der Waals surface area contributed by atoms with Crippen LogP contribution in [0.15, 0.2) is 22.9 Å². The van der Waals surface area contributed by atoms with Gasteiger partial charge in [0.25, 0.3) is 0 Å². The maximum atomic E-state index is 13.2. The predicted molar refractivity (Wildman–Crippen MR) is 104 cm³/mol. The van der Waals surface area contributed by atoms with Gasteiger partial charge < -0.3 is 14.4 Å². The molecule has 9 heteroatoms. The van der Waals surface area contributed by atoms with Gasteiger partial charge in [0.2, 0.25) is 0 Å². The van der Waals surface area contributed by atoms with Crippen LogP contribution in [0.5, 0.6) is 0 Å². The fraction of sp³-hybridized carbons (Fsp3) is 0.611. The summed E-state index contributed by atoms with van der Waals surface area (Å²) in [6.45, 7) is 9.69. The molecule has 146 valence electrons. The molecule has 0 aromatic carbocycles. The molecule has 2 aromatic rings. The highest BCUT2D eigenvalue weighted by molar-refractivity contribution is 9.10. The van der Waals surface area contributed by atoms with Gasteiger partial charge in [-0.15, -0.1) is 0 Å². The first kappa shape index (κ1) is 18.6. The van der Waals surface area contributed by atoms with Crippen molar-refractivity contribution < 1.29 is 14.3 Å². The van der Waals surface area contributed by atoms with Crippen molar-refractivity contribution in [2.75, 3.05) is 24.6 Å². The van der Waals surface area contributed by atoms with Crippen LogP contribution in [0.25, 0.3) is 5.65 Å². The van der Waals surface area contributed by atoms with Crippen molar-refractivity contribution in [2.45, 2.75) is 45.6 Å². The van der Waals surface area contributed by atoms with Crippen molar-refractivity contribution in [1.82, 2.24) is 19.5 Å². The van der Waals surface area contributed by atoms with Crippen LogP contribution in [-0.4, -0.2) is 63.2 Å². The summed E-state index contributed by atoms with van der Waals surface area (Å²) in [5.41, 5.74) is 0.690. The van der Waals surface area contributed by atoms with Crippen LogP contribution in [-0.2, 0) is 9.47 Å². The summed E-state index contributed by atoms with van der Waals surface area (Å²) in [6.07, 6.45) is 3.41. The SMILES string of the molecule is CC(C)[C@H]1CN(C[C@@H]2COC(C)(C)O2)C(=O)N1c1ccn2ncc(Br)c2n1. The average Bonchev–Trinajstić information content (AvgIpc) is 3.25. The number of rotatable bonds is 4. The van der Waals surface area contributed by atoms with E-state index in [4.69, 9.17) is 9.47 Å². The molecule has 0 aliphatic carbocycles. The Morgan fingerprint density at radius 1 is 1.41 bits per heavy atom. The zero-order valence-electron chi connectivity index (χ0n) is 15.9. The van der Waals surface area contributed by atoms with Crippen molar-refractivity contribution in [3.05, 3.63) is 22.9 Å². The second-order valence-corrected chi connectivity index (χ2v) is 8.72. The Morgan fingerprint density at radius 3 is 2.85 bits per heavy atom. The molecule has 4 rings (SSSR count). The zero-order valence-corrected chi connectivity index (χ0v) is 17.5. The molecule has 2 aliphatic heterocycles. The number of aromatic nitrogens is 3. The molecule has 2 saturated heterocycles. The number of ether oxygens (including phenoxy) is 2. The normalized spacial score (nSPS) is 25.3. The number of amides is 2. The number of halogens is 1. The lowest BCUT2D eigenvalue weighted by molar-refractivity contribution is -0.139. The number of carbonyl (C=O) groups excluding carboxylic acids is 1. The largest absolute Gasteiger partial charge is 0.348 e. The third-order valence-electron chi connectivity index (χ3n) is 5.03.